The normalized spacial score (nSPS) is 12.2. The van der Waals surface area contributed by atoms with Crippen LogP contribution < -0.4 is 16.2 Å². The molecule has 0 saturated carbocycles. The van der Waals surface area contributed by atoms with Crippen molar-refractivity contribution in [2.45, 2.75) is 51.5 Å². The summed E-state index contributed by atoms with van der Waals surface area (Å²) in [5.74, 6) is 0.188. The number of aryl methyl sites for hydroxylation is 1. The van der Waals surface area contributed by atoms with E-state index in [1.807, 2.05) is 24.3 Å². The average Bonchev–Trinajstić information content (AvgIpc) is 2.46. The molecule has 0 spiro atoms. The van der Waals surface area contributed by atoms with Gasteiger partial charge in [0.15, 0.2) is 0 Å². The van der Waals surface area contributed by atoms with Gasteiger partial charge in [-0.1, -0.05) is 31.9 Å². The zero-order chi connectivity index (χ0) is 14.8. The van der Waals surface area contributed by atoms with E-state index >= 15 is 0 Å². The molecule has 0 aliphatic rings. The van der Waals surface area contributed by atoms with Gasteiger partial charge >= 0.3 is 5.97 Å². The largest absolute Gasteiger partial charge is 0.425 e. The van der Waals surface area contributed by atoms with Crippen LogP contribution in [0, 0.1) is 0 Å². The van der Waals surface area contributed by atoms with Crippen molar-refractivity contribution in [2.75, 3.05) is 6.54 Å². The Morgan fingerprint density at radius 3 is 2.50 bits per heavy atom. The SMILES string of the molecule is CCCCc1ccc(OC(=O)C(N)CCCCN)cc1. The quantitative estimate of drug-likeness (QED) is 0.413. The fourth-order valence-corrected chi connectivity index (χ4v) is 1.92. The number of benzene rings is 1. The van der Waals surface area contributed by atoms with Crippen LogP contribution in [-0.4, -0.2) is 18.6 Å². The molecule has 0 aliphatic heterocycles. The van der Waals surface area contributed by atoms with Gasteiger partial charge < -0.3 is 16.2 Å². The summed E-state index contributed by atoms with van der Waals surface area (Å²) in [6.45, 7) is 2.79. The molecule has 0 amide bonds. The highest BCUT2D eigenvalue weighted by molar-refractivity contribution is 5.77. The van der Waals surface area contributed by atoms with Gasteiger partial charge in [-0.25, -0.2) is 4.79 Å². The third-order valence-electron chi connectivity index (χ3n) is 3.23. The number of rotatable bonds is 9. The first kappa shape index (κ1) is 16.7. The Morgan fingerprint density at radius 2 is 1.90 bits per heavy atom. The highest BCUT2D eigenvalue weighted by atomic mass is 16.5. The van der Waals surface area contributed by atoms with Gasteiger partial charge in [0.2, 0.25) is 0 Å². The summed E-state index contributed by atoms with van der Waals surface area (Å²) in [5.41, 5.74) is 12.5. The van der Waals surface area contributed by atoms with Crippen molar-refractivity contribution in [3.05, 3.63) is 29.8 Å². The molecule has 0 fully saturated rings. The molecule has 4 nitrogen and oxygen atoms in total. The lowest BCUT2D eigenvalue weighted by molar-refractivity contribution is -0.136. The molecule has 1 rings (SSSR count). The summed E-state index contributed by atoms with van der Waals surface area (Å²) in [4.78, 5) is 11.8. The minimum atomic E-state index is -0.568. The summed E-state index contributed by atoms with van der Waals surface area (Å²) in [6, 6.07) is 7.09. The van der Waals surface area contributed by atoms with Gasteiger partial charge in [-0.3, -0.25) is 0 Å². The highest BCUT2D eigenvalue weighted by Gasteiger charge is 2.15. The number of nitrogens with two attached hydrogens (primary N) is 2. The van der Waals surface area contributed by atoms with Gasteiger partial charge in [-0.05, 0) is 49.9 Å². The lowest BCUT2D eigenvalue weighted by atomic mass is 10.1. The van der Waals surface area contributed by atoms with E-state index in [4.69, 9.17) is 16.2 Å². The minimum Gasteiger partial charge on any atom is -0.425 e. The van der Waals surface area contributed by atoms with Crippen molar-refractivity contribution in [1.82, 2.24) is 0 Å². The topological polar surface area (TPSA) is 78.3 Å². The molecule has 0 heterocycles. The van der Waals surface area contributed by atoms with Crippen LogP contribution in [0.15, 0.2) is 24.3 Å². The Kier molecular flexibility index (Phi) is 7.92. The Hall–Kier alpha value is -1.39. The number of hydrogen-bond acceptors (Lipinski definition) is 4. The molecule has 1 atom stereocenters. The van der Waals surface area contributed by atoms with Crippen LogP contribution in [0.2, 0.25) is 0 Å². The molecule has 0 aliphatic carbocycles. The summed E-state index contributed by atoms with van der Waals surface area (Å²) in [7, 11) is 0. The number of ether oxygens (including phenoxy) is 1. The van der Waals surface area contributed by atoms with E-state index < -0.39 is 6.04 Å². The van der Waals surface area contributed by atoms with E-state index in [-0.39, 0.29) is 5.97 Å². The maximum atomic E-state index is 11.8. The molecule has 4 heteroatoms. The first-order valence-electron chi connectivity index (χ1n) is 7.43. The Labute approximate surface area is 121 Å². The second kappa shape index (κ2) is 9.50. The fourth-order valence-electron chi connectivity index (χ4n) is 1.92. The van der Waals surface area contributed by atoms with E-state index in [0.29, 0.717) is 18.7 Å². The van der Waals surface area contributed by atoms with E-state index in [0.717, 1.165) is 19.3 Å². The van der Waals surface area contributed by atoms with Crippen molar-refractivity contribution in [1.29, 1.82) is 0 Å². The van der Waals surface area contributed by atoms with Crippen LogP contribution in [0.25, 0.3) is 0 Å². The van der Waals surface area contributed by atoms with E-state index in [1.54, 1.807) is 0 Å². The zero-order valence-electron chi connectivity index (χ0n) is 12.3. The summed E-state index contributed by atoms with van der Waals surface area (Å²) in [6.07, 6.45) is 5.75. The molecule has 0 radical (unpaired) electrons. The molecule has 0 bridgehead atoms. The average molecular weight is 278 g/mol. The summed E-state index contributed by atoms with van der Waals surface area (Å²) < 4.78 is 5.27. The molecule has 20 heavy (non-hydrogen) atoms. The van der Waals surface area contributed by atoms with Crippen LogP contribution >= 0.6 is 0 Å². The predicted octanol–water partition coefficient (Wildman–Crippen LogP) is 2.39. The summed E-state index contributed by atoms with van der Waals surface area (Å²) in [5, 5.41) is 0. The maximum Gasteiger partial charge on any atom is 0.328 e. The number of carbonyl (C=O) groups excluding carboxylic acids is 1. The number of hydrogen-bond donors (Lipinski definition) is 2. The number of esters is 1. The Balaban J connectivity index is 2.41. The van der Waals surface area contributed by atoms with Crippen LogP contribution in [0.3, 0.4) is 0 Å². The van der Waals surface area contributed by atoms with E-state index in [1.165, 1.54) is 18.4 Å². The third kappa shape index (κ3) is 6.17. The third-order valence-corrected chi connectivity index (χ3v) is 3.23. The second-order valence-electron chi connectivity index (χ2n) is 5.06. The van der Waals surface area contributed by atoms with Crippen LogP contribution in [-0.2, 0) is 11.2 Å². The first-order chi connectivity index (χ1) is 9.67. The van der Waals surface area contributed by atoms with Gasteiger partial charge in [0.25, 0.3) is 0 Å². The molecular weight excluding hydrogens is 252 g/mol. The van der Waals surface area contributed by atoms with Crippen molar-refractivity contribution < 1.29 is 9.53 Å². The van der Waals surface area contributed by atoms with Crippen molar-refractivity contribution in [3.63, 3.8) is 0 Å². The maximum absolute atomic E-state index is 11.8. The predicted molar refractivity (Wildman–Crippen MR) is 81.6 cm³/mol. The molecule has 0 aromatic heterocycles. The lowest BCUT2D eigenvalue weighted by Crippen LogP contribution is -2.34. The Morgan fingerprint density at radius 1 is 1.20 bits per heavy atom. The molecule has 1 aromatic carbocycles. The molecule has 112 valence electrons. The molecule has 1 aromatic rings. The lowest BCUT2D eigenvalue weighted by Gasteiger charge is -2.11. The van der Waals surface area contributed by atoms with Crippen molar-refractivity contribution in [3.8, 4) is 5.75 Å². The van der Waals surface area contributed by atoms with E-state index in [9.17, 15) is 4.79 Å². The number of carbonyl (C=O) groups is 1. The number of unbranched alkanes of at least 4 members (excludes halogenated alkanes) is 2. The minimum absolute atomic E-state index is 0.372. The van der Waals surface area contributed by atoms with Gasteiger partial charge in [0, 0.05) is 0 Å². The Bertz CT molecular complexity index is 390. The monoisotopic (exact) mass is 278 g/mol. The van der Waals surface area contributed by atoms with Gasteiger partial charge in [-0.2, -0.15) is 0 Å². The summed E-state index contributed by atoms with van der Waals surface area (Å²) >= 11 is 0. The van der Waals surface area contributed by atoms with Crippen molar-refractivity contribution in [2.24, 2.45) is 11.5 Å². The first-order valence-corrected chi connectivity index (χ1v) is 7.43. The standard InChI is InChI=1S/C16H26N2O2/c1-2-3-6-13-8-10-14(11-9-13)20-16(19)15(18)7-4-5-12-17/h8-11,15H,2-7,12,17-18H2,1H3. The second-order valence-corrected chi connectivity index (χ2v) is 5.06. The smallest absolute Gasteiger partial charge is 0.328 e. The fraction of sp³-hybridized carbons (Fsp3) is 0.562. The molecule has 0 saturated heterocycles. The molecule has 1 unspecified atom stereocenters. The highest BCUT2D eigenvalue weighted by Crippen LogP contribution is 2.15. The van der Waals surface area contributed by atoms with Crippen molar-refractivity contribution >= 4 is 5.97 Å². The van der Waals surface area contributed by atoms with Crippen LogP contribution in [0.4, 0.5) is 0 Å². The van der Waals surface area contributed by atoms with Gasteiger partial charge in [0.1, 0.15) is 11.8 Å². The van der Waals surface area contributed by atoms with Crippen LogP contribution in [0.1, 0.15) is 44.6 Å². The molecule has 4 N–H and O–H groups in total. The zero-order valence-corrected chi connectivity index (χ0v) is 12.3. The van der Waals surface area contributed by atoms with Crippen LogP contribution in [0.5, 0.6) is 5.75 Å². The van der Waals surface area contributed by atoms with Gasteiger partial charge in [0.05, 0.1) is 0 Å². The molecular formula is C16H26N2O2. The van der Waals surface area contributed by atoms with E-state index in [2.05, 4.69) is 6.92 Å². The van der Waals surface area contributed by atoms with Gasteiger partial charge in [-0.15, -0.1) is 0 Å².